The number of rotatable bonds is 5. The van der Waals surface area contributed by atoms with Gasteiger partial charge in [-0.1, -0.05) is 53.7 Å². The third-order valence-electron chi connectivity index (χ3n) is 4.24. The molecule has 2 heterocycles. The number of carbonyl (C=O) groups is 1. The molecule has 130 valence electrons. The normalized spacial score (nSPS) is 11.2. The molecule has 0 radical (unpaired) electrons. The quantitative estimate of drug-likeness (QED) is 0.407. The Morgan fingerprint density at radius 2 is 2.00 bits per heavy atom. The third-order valence-corrected chi connectivity index (χ3v) is 5.05. The second-order valence-corrected chi connectivity index (χ2v) is 7.08. The molecule has 5 nitrogen and oxygen atoms in total. The molecule has 0 atom stereocenters. The fourth-order valence-electron chi connectivity index (χ4n) is 2.96. The Balaban J connectivity index is 1.49. The summed E-state index contributed by atoms with van der Waals surface area (Å²) in [5, 5.41) is 9.60. The molecule has 4 rings (SSSR count). The number of aromatic nitrogens is 3. The summed E-state index contributed by atoms with van der Waals surface area (Å²) in [5.41, 5.74) is 4.74. The molecule has 6 heteroatoms. The summed E-state index contributed by atoms with van der Waals surface area (Å²) in [5.74, 6) is 0.766. The second-order valence-electron chi connectivity index (χ2n) is 6.15. The first kappa shape index (κ1) is 16.6. The van der Waals surface area contributed by atoms with E-state index in [2.05, 4.69) is 15.2 Å². The van der Waals surface area contributed by atoms with E-state index in [4.69, 9.17) is 4.42 Å². The standard InChI is InChI=1S/C20H17N3O2S/c1-12-7-8-14(13(2)9-12)18(24)11-26-20-23-22-19(25-20)16-10-21-17-6-4-3-5-15(16)17/h3-10,21H,11H2,1-2H3. The molecular weight excluding hydrogens is 346 g/mol. The molecule has 0 amide bonds. The number of aryl methyl sites for hydroxylation is 2. The summed E-state index contributed by atoms with van der Waals surface area (Å²) in [6, 6.07) is 13.8. The molecule has 0 aliphatic carbocycles. The van der Waals surface area contributed by atoms with E-state index in [1.165, 1.54) is 11.8 Å². The van der Waals surface area contributed by atoms with Crippen molar-refractivity contribution >= 4 is 28.4 Å². The van der Waals surface area contributed by atoms with Crippen LogP contribution in [0.15, 0.2) is 58.3 Å². The summed E-state index contributed by atoms with van der Waals surface area (Å²) in [4.78, 5) is 15.6. The smallest absolute Gasteiger partial charge is 0.277 e. The SMILES string of the molecule is Cc1ccc(C(=O)CSc2nnc(-c3c[nH]c4ccccc34)o2)c(C)c1. The van der Waals surface area contributed by atoms with Crippen molar-refractivity contribution in [1.82, 2.24) is 15.2 Å². The first-order chi connectivity index (χ1) is 12.6. The fraction of sp³-hybridized carbons (Fsp3) is 0.150. The fourth-order valence-corrected chi connectivity index (χ4v) is 3.60. The van der Waals surface area contributed by atoms with Crippen LogP contribution >= 0.6 is 11.8 Å². The van der Waals surface area contributed by atoms with Crippen LogP contribution in [0.5, 0.6) is 0 Å². The summed E-state index contributed by atoms with van der Waals surface area (Å²) in [6.45, 7) is 3.97. The Kier molecular flexibility index (Phi) is 4.34. The maximum atomic E-state index is 12.4. The second kappa shape index (κ2) is 6.80. The Bertz CT molecular complexity index is 1100. The van der Waals surface area contributed by atoms with Gasteiger partial charge in [-0.15, -0.1) is 10.2 Å². The lowest BCUT2D eigenvalue weighted by Crippen LogP contribution is -2.04. The highest BCUT2D eigenvalue weighted by molar-refractivity contribution is 7.99. The zero-order valence-corrected chi connectivity index (χ0v) is 15.3. The zero-order valence-electron chi connectivity index (χ0n) is 14.4. The number of aromatic amines is 1. The monoisotopic (exact) mass is 363 g/mol. The minimum atomic E-state index is 0.0549. The van der Waals surface area contributed by atoms with Crippen molar-refractivity contribution in [3.63, 3.8) is 0 Å². The molecule has 0 spiro atoms. The van der Waals surface area contributed by atoms with Gasteiger partial charge in [0.1, 0.15) is 0 Å². The van der Waals surface area contributed by atoms with E-state index < -0.39 is 0 Å². The highest BCUT2D eigenvalue weighted by Gasteiger charge is 2.15. The zero-order chi connectivity index (χ0) is 18.1. The van der Waals surface area contributed by atoms with Gasteiger partial charge in [-0.25, -0.2) is 0 Å². The Morgan fingerprint density at radius 3 is 2.85 bits per heavy atom. The number of carbonyl (C=O) groups excluding carboxylic acids is 1. The molecule has 0 aliphatic rings. The number of thioether (sulfide) groups is 1. The molecule has 0 bridgehead atoms. The van der Waals surface area contributed by atoms with E-state index >= 15 is 0 Å². The van der Waals surface area contributed by atoms with E-state index in [0.29, 0.717) is 11.1 Å². The number of hydrogen-bond acceptors (Lipinski definition) is 5. The largest absolute Gasteiger partial charge is 0.411 e. The maximum Gasteiger partial charge on any atom is 0.277 e. The van der Waals surface area contributed by atoms with Crippen LogP contribution < -0.4 is 0 Å². The molecule has 2 aromatic carbocycles. The van der Waals surface area contributed by atoms with Crippen molar-refractivity contribution in [2.75, 3.05) is 5.75 Å². The lowest BCUT2D eigenvalue weighted by Gasteiger charge is -2.04. The van der Waals surface area contributed by atoms with Gasteiger partial charge in [-0.3, -0.25) is 4.79 Å². The average Bonchev–Trinajstić information content (AvgIpc) is 3.26. The molecule has 0 saturated heterocycles. The number of para-hydroxylation sites is 1. The number of fused-ring (bicyclic) bond motifs is 1. The van der Waals surface area contributed by atoms with Crippen molar-refractivity contribution in [2.45, 2.75) is 19.1 Å². The Hall–Kier alpha value is -2.86. The lowest BCUT2D eigenvalue weighted by atomic mass is 10.0. The average molecular weight is 363 g/mol. The molecule has 26 heavy (non-hydrogen) atoms. The summed E-state index contributed by atoms with van der Waals surface area (Å²) >= 11 is 1.26. The molecule has 0 fully saturated rings. The van der Waals surface area contributed by atoms with Gasteiger partial charge in [0, 0.05) is 22.7 Å². The number of ketones is 1. The lowest BCUT2D eigenvalue weighted by molar-refractivity contribution is 0.102. The highest BCUT2D eigenvalue weighted by Crippen LogP contribution is 2.29. The summed E-state index contributed by atoms with van der Waals surface area (Å²) in [7, 11) is 0. The summed E-state index contributed by atoms with van der Waals surface area (Å²) < 4.78 is 5.74. The minimum absolute atomic E-state index is 0.0549. The molecule has 2 aromatic heterocycles. The van der Waals surface area contributed by atoms with Gasteiger partial charge in [0.2, 0.25) is 0 Å². The third kappa shape index (κ3) is 3.15. The molecule has 4 aromatic rings. The van der Waals surface area contributed by atoms with Crippen LogP contribution in [0, 0.1) is 13.8 Å². The van der Waals surface area contributed by atoms with Gasteiger partial charge in [-0.2, -0.15) is 0 Å². The van der Waals surface area contributed by atoms with Crippen molar-refractivity contribution in [3.8, 4) is 11.5 Å². The van der Waals surface area contributed by atoms with Crippen molar-refractivity contribution in [2.24, 2.45) is 0 Å². The summed E-state index contributed by atoms with van der Waals surface area (Å²) in [6.07, 6.45) is 1.85. The Morgan fingerprint density at radius 1 is 1.15 bits per heavy atom. The van der Waals surface area contributed by atoms with Crippen molar-refractivity contribution in [3.05, 3.63) is 65.4 Å². The van der Waals surface area contributed by atoms with Crippen molar-refractivity contribution < 1.29 is 9.21 Å². The van der Waals surface area contributed by atoms with Crippen LogP contribution in [0.4, 0.5) is 0 Å². The molecule has 1 N–H and O–H groups in total. The maximum absolute atomic E-state index is 12.4. The number of nitrogens with one attached hydrogen (secondary N) is 1. The number of benzene rings is 2. The van der Waals surface area contributed by atoms with Crippen LogP contribution in [-0.4, -0.2) is 26.7 Å². The van der Waals surface area contributed by atoms with Crippen molar-refractivity contribution in [1.29, 1.82) is 0 Å². The van der Waals surface area contributed by atoms with Crippen LogP contribution in [0.1, 0.15) is 21.5 Å². The number of hydrogen-bond donors (Lipinski definition) is 1. The predicted octanol–water partition coefficient (Wildman–Crippen LogP) is 4.81. The van der Waals surface area contributed by atoms with Crippen LogP contribution in [-0.2, 0) is 0 Å². The molecule has 0 saturated carbocycles. The number of H-pyrrole nitrogens is 1. The minimum Gasteiger partial charge on any atom is -0.411 e. The highest BCUT2D eigenvalue weighted by atomic mass is 32.2. The van der Waals surface area contributed by atoms with E-state index in [1.54, 1.807) is 0 Å². The predicted molar refractivity (Wildman–Crippen MR) is 103 cm³/mol. The van der Waals surface area contributed by atoms with Crippen LogP contribution in [0.3, 0.4) is 0 Å². The van der Waals surface area contributed by atoms with Gasteiger partial charge in [0.15, 0.2) is 5.78 Å². The number of Topliss-reactive ketones (excluding diaryl/α,β-unsaturated/α-hetero) is 1. The molecule has 0 unspecified atom stereocenters. The number of nitrogens with zero attached hydrogens (tertiary/aromatic N) is 2. The van der Waals surface area contributed by atoms with E-state index in [1.807, 2.05) is 62.5 Å². The van der Waals surface area contributed by atoms with Gasteiger partial charge < -0.3 is 9.40 Å². The van der Waals surface area contributed by atoms with E-state index in [9.17, 15) is 4.79 Å². The van der Waals surface area contributed by atoms with Gasteiger partial charge in [-0.05, 0) is 25.5 Å². The van der Waals surface area contributed by atoms with Crippen LogP contribution in [0.2, 0.25) is 0 Å². The Labute approximate surface area is 154 Å². The van der Waals surface area contributed by atoms with Gasteiger partial charge >= 0.3 is 0 Å². The van der Waals surface area contributed by atoms with E-state index in [0.717, 1.165) is 33.2 Å². The van der Waals surface area contributed by atoms with E-state index in [-0.39, 0.29) is 11.5 Å². The van der Waals surface area contributed by atoms with Gasteiger partial charge in [0.05, 0.1) is 11.3 Å². The topological polar surface area (TPSA) is 71.8 Å². The van der Waals surface area contributed by atoms with Crippen LogP contribution in [0.25, 0.3) is 22.4 Å². The molecular formula is C20H17N3O2S. The first-order valence-corrected chi connectivity index (χ1v) is 9.23. The molecule has 0 aliphatic heterocycles. The first-order valence-electron chi connectivity index (χ1n) is 8.25. The van der Waals surface area contributed by atoms with Gasteiger partial charge in [0.25, 0.3) is 11.1 Å².